The molecule has 1 heterocycles. The van der Waals surface area contributed by atoms with Crippen molar-refractivity contribution in [2.75, 3.05) is 0 Å². The lowest BCUT2D eigenvalue weighted by Crippen LogP contribution is -2.03. The molecule has 0 fully saturated rings. The van der Waals surface area contributed by atoms with Gasteiger partial charge in [0.2, 0.25) is 0 Å². The maximum Gasteiger partial charge on any atom is 0.198 e. The van der Waals surface area contributed by atoms with Crippen molar-refractivity contribution in [3.63, 3.8) is 0 Å². The molecule has 0 radical (unpaired) electrons. The van der Waals surface area contributed by atoms with Crippen molar-refractivity contribution >= 4 is 28.3 Å². The minimum absolute atomic E-state index is 0.00898. The van der Waals surface area contributed by atoms with Gasteiger partial charge in [-0.1, -0.05) is 36.7 Å². The largest absolute Gasteiger partial charge is 0.360 e. The quantitative estimate of drug-likeness (QED) is 0.695. The van der Waals surface area contributed by atoms with Gasteiger partial charge in [-0.2, -0.15) is 0 Å². The van der Waals surface area contributed by atoms with Crippen LogP contribution in [-0.4, -0.2) is 10.8 Å². The van der Waals surface area contributed by atoms with Gasteiger partial charge >= 0.3 is 0 Å². The van der Waals surface area contributed by atoms with Crippen molar-refractivity contribution in [3.05, 3.63) is 70.1 Å². The summed E-state index contributed by atoms with van der Waals surface area (Å²) in [5.74, 6) is -0.931. The van der Waals surface area contributed by atoms with Gasteiger partial charge in [0.25, 0.3) is 0 Å². The predicted molar refractivity (Wildman–Crippen MR) is 82.5 cm³/mol. The second-order valence-corrected chi connectivity index (χ2v) is 5.29. The third-order valence-electron chi connectivity index (χ3n) is 3.60. The maximum atomic E-state index is 13.9. The minimum atomic E-state index is -0.564. The van der Waals surface area contributed by atoms with E-state index in [-0.39, 0.29) is 11.3 Å². The number of H-pyrrole nitrogens is 1. The molecule has 0 unspecified atom stereocenters. The zero-order valence-corrected chi connectivity index (χ0v) is 12.2. The van der Waals surface area contributed by atoms with E-state index in [0.29, 0.717) is 10.6 Å². The van der Waals surface area contributed by atoms with Gasteiger partial charge in [0.05, 0.1) is 5.56 Å². The standard InChI is InChI=1S/C17H13ClFNO/c1-2-10-4-3-5-12-14(9-20-16(10)12)17(21)13-8-11(18)6-7-15(13)19/h3-9,20H,2H2,1H3. The highest BCUT2D eigenvalue weighted by atomic mass is 35.5. The number of aromatic amines is 1. The monoisotopic (exact) mass is 301 g/mol. The van der Waals surface area contributed by atoms with Gasteiger partial charge in [0, 0.05) is 27.7 Å². The zero-order chi connectivity index (χ0) is 15.0. The summed E-state index contributed by atoms with van der Waals surface area (Å²) in [7, 11) is 0. The van der Waals surface area contributed by atoms with Crippen molar-refractivity contribution in [1.29, 1.82) is 0 Å². The summed E-state index contributed by atoms with van der Waals surface area (Å²) in [6, 6.07) is 9.77. The third-order valence-corrected chi connectivity index (χ3v) is 3.84. The molecule has 4 heteroatoms. The summed E-state index contributed by atoms with van der Waals surface area (Å²) < 4.78 is 13.9. The smallest absolute Gasteiger partial charge is 0.198 e. The topological polar surface area (TPSA) is 32.9 Å². The van der Waals surface area contributed by atoms with Gasteiger partial charge in [-0.15, -0.1) is 0 Å². The lowest BCUT2D eigenvalue weighted by atomic mass is 10.0. The number of carbonyl (C=O) groups excluding carboxylic acids is 1. The Bertz CT molecular complexity index is 838. The van der Waals surface area contributed by atoms with Crippen LogP contribution in [0.4, 0.5) is 4.39 Å². The van der Waals surface area contributed by atoms with Crippen LogP contribution in [0.25, 0.3) is 10.9 Å². The van der Waals surface area contributed by atoms with Crippen LogP contribution < -0.4 is 0 Å². The normalized spacial score (nSPS) is 11.0. The summed E-state index contributed by atoms with van der Waals surface area (Å²) in [4.78, 5) is 15.7. The first-order valence-corrected chi connectivity index (χ1v) is 7.08. The number of para-hydroxylation sites is 1. The molecular formula is C17H13ClFNO. The summed E-state index contributed by atoms with van der Waals surface area (Å²) >= 11 is 5.86. The Balaban J connectivity index is 2.16. The van der Waals surface area contributed by atoms with Crippen LogP contribution in [0, 0.1) is 5.82 Å². The summed E-state index contributed by atoms with van der Waals surface area (Å²) in [6.07, 6.45) is 2.49. The molecule has 3 aromatic rings. The Labute approximate surface area is 126 Å². The average Bonchev–Trinajstić information content (AvgIpc) is 2.93. The van der Waals surface area contributed by atoms with Crippen LogP contribution in [0.5, 0.6) is 0 Å². The number of halogens is 2. The lowest BCUT2D eigenvalue weighted by Gasteiger charge is -2.03. The first-order valence-electron chi connectivity index (χ1n) is 6.70. The second-order valence-electron chi connectivity index (χ2n) is 4.85. The lowest BCUT2D eigenvalue weighted by molar-refractivity contribution is 0.103. The van der Waals surface area contributed by atoms with E-state index in [0.717, 1.165) is 22.9 Å². The van der Waals surface area contributed by atoms with Crippen LogP contribution in [0.15, 0.2) is 42.6 Å². The maximum absolute atomic E-state index is 13.9. The molecule has 0 bridgehead atoms. The molecule has 0 atom stereocenters. The van der Waals surface area contributed by atoms with Gasteiger partial charge in [0.15, 0.2) is 5.78 Å². The molecule has 0 aliphatic rings. The molecular weight excluding hydrogens is 289 g/mol. The number of hydrogen-bond donors (Lipinski definition) is 1. The van der Waals surface area contributed by atoms with Crippen LogP contribution in [0.2, 0.25) is 5.02 Å². The van der Waals surface area contributed by atoms with Gasteiger partial charge in [-0.3, -0.25) is 4.79 Å². The average molecular weight is 302 g/mol. The molecule has 0 spiro atoms. The molecule has 0 amide bonds. The fourth-order valence-corrected chi connectivity index (χ4v) is 2.69. The van der Waals surface area contributed by atoms with E-state index in [2.05, 4.69) is 4.98 Å². The Morgan fingerprint density at radius 1 is 1.24 bits per heavy atom. The predicted octanol–water partition coefficient (Wildman–Crippen LogP) is 4.75. The van der Waals surface area contributed by atoms with E-state index < -0.39 is 5.82 Å². The number of ketones is 1. The van der Waals surface area contributed by atoms with Crippen LogP contribution in [0.1, 0.15) is 28.4 Å². The zero-order valence-electron chi connectivity index (χ0n) is 11.4. The van der Waals surface area contributed by atoms with Crippen molar-refractivity contribution in [1.82, 2.24) is 4.98 Å². The van der Waals surface area contributed by atoms with Crippen LogP contribution in [0.3, 0.4) is 0 Å². The molecule has 1 N–H and O–H groups in total. The molecule has 2 nitrogen and oxygen atoms in total. The van der Waals surface area contributed by atoms with E-state index >= 15 is 0 Å². The molecule has 0 saturated carbocycles. The fourth-order valence-electron chi connectivity index (χ4n) is 2.52. The fraction of sp³-hybridized carbons (Fsp3) is 0.118. The van der Waals surface area contributed by atoms with Gasteiger partial charge < -0.3 is 4.98 Å². The van der Waals surface area contributed by atoms with Crippen LogP contribution >= 0.6 is 11.6 Å². The summed E-state index contributed by atoms with van der Waals surface area (Å²) in [6.45, 7) is 2.05. The van der Waals surface area contributed by atoms with Gasteiger partial charge in [-0.25, -0.2) is 4.39 Å². The summed E-state index contributed by atoms with van der Waals surface area (Å²) in [5, 5.41) is 1.15. The number of benzene rings is 2. The molecule has 1 aromatic heterocycles. The molecule has 0 aliphatic carbocycles. The van der Waals surface area contributed by atoms with Crippen molar-refractivity contribution in [2.24, 2.45) is 0 Å². The number of aromatic nitrogens is 1. The molecule has 2 aromatic carbocycles. The number of hydrogen-bond acceptors (Lipinski definition) is 1. The molecule has 3 rings (SSSR count). The number of carbonyl (C=O) groups is 1. The number of nitrogens with one attached hydrogen (secondary N) is 1. The van der Waals surface area contributed by atoms with E-state index in [1.165, 1.54) is 18.2 Å². The Morgan fingerprint density at radius 3 is 2.81 bits per heavy atom. The number of rotatable bonds is 3. The number of aryl methyl sites for hydroxylation is 1. The first-order chi connectivity index (χ1) is 10.1. The van der Waals surface area contributed by atoms with E-state index in [1.807, 2.05) is 25.1 Å². The Hall–Kier alpha value is -2.13. The highest BCUT2D eigenvalue weighted by molar-refractivity contribution is 6.31. The SMILES string of the molecule is CCc1cccc2c(C(=O)c3cc(Cl)ccc3F)c[nH]c12. The van der Waals surface area contributed by atoms with E-state index in [4.69, 9.17) is 11.6 Å². The molecule has 21 heavy (non-hydrogen) atoms. The Morgan fingerprint density at radius 2 is 2.05 bits per heavy atom. The van der Waals surface area contributed by atoms with Crippen molar-refractivity contribution in [3.8, 4) is 0 Å². The highest BCUT2D eigenvalue weighted by Crippen LogP contribution is 2.26. The molecule has 106 valence electrons. The third kappa shape index (κ3) is 2.34. The summed E-state index contributed by atoms with van der Waals surface area (Å²) in [5.41, 5.74) is 2.50. The van der Waals surface area contributed by atoms with Gasteiger partial charge in [0.1, 0.15) is 5.82 Å². The Kier molecular flexibility index (Phi) is 3.52. The molecule has 0 saturated heterocycles. The van der Waals surface area contributed by atoms with Crippen LogP contribution in [-0.2, 0) is 6.42 Å². The highest BCUT2D eigenvalue weighted by Gasteiger charge is 2.18. The second kappa shape index (κ2) is 5.34. The molecule has 0 aliphatic heterocycles. The number of fused-ring (bicyclic) bond motifs is 1. The van der Waals surface area contributed by atoms with Crippen molar-refractivity contribution < 1.29 is 9.18 Å². The minimum Gasteiger partial charge on any atom is -0.360 e. The van der Waals surface area contributed by atoms with Crippen molar-refractivity contribution in [2.45, 2.75) is 13.3 Å². The first kappa shape index (κ1) is 13.8. The van der Waals surface area contributed by atoms with E-state index in [1.54, 1.807) is 6.20 Å². The van der Waals surface area contributed by atoms with E-state index in [9.17, 15) is 9.18 Å². The van der Waals surface area contributed by atoms with Gasteiger partial charge in [-0.05, 0) is 30.2 Å².